The van der Waals surface area contributed by atoms with Gasteiger partial charge in [-0.05, 0) is 99.0 Å². The van der Waals surface area contributed by atoms with Gasteiger partial charge in [0.2, 0.25) is 0 Å². The molecule has 5 rings (SSSR count). The molecule has 1 unspecified atom stereocenters. The molecule has 0 heterocycles. The Morgan fingerprint density at radius 3 is 2.35 bits per heavy atom. The van der Waals surface area contributed by atoms with Crippen LogP contribution in [0.25, 0.3) is 0 Å². The Morgan fingerprint density at radius 2 is 1.78 bits per heavy atom. The lowest BCUT2D eigenvalue weighted by Crippen LogP contribution is -2.56. The molecule has 0 spiro atoms. The van der Waals surface area contributed by atoms with E-state index in [-0.39, 0.29) is 5.82 Å². The molecule has 0 amide bonds. The van der Waals surface area contributed by atoms with Gasteiger partial charge < -0.3 is 10.6 Å². The molecule has 2 nitrogen and oxygen atoms in total. The largest absolute Gasteiger partial charge is 0.359 e. The van der Waals surface area contributed by atoms with Crippen molar-refractivity contribution in [3.8, 4) is 0 Å². The van der Waals surface area contributed by atoms with Crippen LogP contribution in [0.15, 0.2) is 24.3 Å². The Labute approximate surface area is 143 Å². The van der Waals surface area contributed by atoms with E-state index in [1.165, 1.54) is 50.7 Å². The van der Waals surface area contributed by atoms with Gasteiger partial charge in [-0.25, -0.2) is 4.39 Å². The highest BCUT2D eigenvalue weighted by Crippen LogP contribution is 2.61. The summed E-state index contributed by atoms with van der Waals surface area (Å²) in [5, 5.41) is 7.24. The Balaban J connectivity index is 1.41. The van der Waals surface area contributed by atoms with Gasteiger partial charge in [0.25, 0.3) is 0 Å². The molecule has 0 radical (unpaired) electrons. The van der Waals surface area contributed by atoms with Crippen LogP contribution in [0.3, 0.4) is 0 Å². The summed E-state index contributed by atoms with van der Waals surface area (Å²) in [6, 6.07) is 6.84. The van der Waals surface area contributed by atoms with E-state index in [2.05, 4.69) is 17.6 Å². The molecule has 0 aromatic heterocycles. The van der Waals surface area contributed by atoms with Crippen molar-refractivity contribution in [2.45, 2.75) is 51.5 Å². The topological polar surface area (TPSA) is 24.1 Å². The molecule has 2 N–H and O–H groups in total. The van der Waals surface area contributed by atoms with Gasteiger partial charge in [-0.1, -0.05) is 6.07 Å². The molecule has 124 valence electrons. The summed E-state index contributed by atoms with van der Waals surface area (Å²) in [6.07, 6.45) is 8.44. The fourth-order valence-electron chi connectivity index (χ4n) is 5.79. The summed E-state index contributed by atoms with van der Waals surface area (Å²) in [7, 11) is 0. The lowest BCUT2D eigenvalue weighted by atomic mass is 9.48. The Morgan fingerprint density at radius 1 is 1.17 bits per heavy atom. The van der Waals surface area contributed by atoms with Crippen molar-refractivity contribution in [3.63, 3.8) is 0 Å². The van der Waals surface area contributed by atoms with Crippen molar-refractivity contribution in [2.24, 2.45) is 23.2 Å². The normalized spacial score (nSPS) is 35.8. The highest BCUT2D eigenvalue weighted by atomic mass is 32.1. The molecular formula is C19H25FN2S. The first-order valence-electron chi connectivity index (χ1n) is 8.85. The summed E-state index contributed by atoms with van der Waals surface area (Å²) in [6.45, 7) is 2.28. The highest BCUT2D eigenvalue weighted by molar-refractivity contribution is 7.80. The average Bonchev–Trinajstić information content (AvgIpc) is 2.45. The molecule has 0 saturated heterocycles. The number of hydrogen-bond acceptors (Lipinski definition) is 1. The van der Waals surface area contributed by atoms with Crippen LogP contribution in [-0.4, -0.2) is 11.2 Å². The Kier molecular flexibility index (Phi) is 3.83. The standard InChI is InChI=1S/C19H25FN2S/c1-12(21-18(23)22-17-4-2-3-16(20)8-17)19-9-13-5-14(10-19)7-15(6-13)11-19/h2-4,8,12-15H,5-7,9-11H2,1H3,(H2,21,22,23). The van der Waals surface area contributed by atoms with Crippen LogP contribution < -0.4 is 10.6 Å². The van der Waals surface area contributed by atoms with Gasteiger partial charge in [0.05, 0.1) is 0 Å². The molecule has 4 fully saturated rings. The first kappa shape index (κ1) is 15.4. The summed E-state index contributed by atoms with van der Waals surface area (Å²) in [4.78, 5) is 0. The average molecular weight is 332 g/mol. The van der Waals surface area contributed by atoms with Crippen molar-refractivity contribution in [3.05, 3.63) is 30.1 Å². The second-order valence-electron chi connectivity index (χ2n) is 8.11. The lowest BCUT2D eigenvalue weighted by molar-refractivity contribution is -0.0671. The number of rotatable bonds is 3. The third kappa shape index (κ3) is 2.98. The number of hydrogen-bond donors (Lipinski definition) is 2. The van der Waals surface area contributed by atoms with E-state index in [0.717, 1.165) is 17.8 Å². The maximum atomic E-state index is 13.3. The van der Waals surface area contributed by atoms with Crippen LogP contribution >= 0.6 is 12.2 Å². The Hall–Kier alpha value is -1.16. The predicted octanol–water partition coefficient (Wildman–Crippen LogP) is 4.72. The van der Waals surface area contributed by atoms with Crippen molar-refractivity contribution in [1.82, 2.24) is 5.32 Å². The molecule has 4 aliphatic rings. The molecular weight excluding hydrogens is 307 g/mol. The van der Waals surface area contributed by atoms with Crippen LogP contribution in [-0.2, 0) is 0 Å². The van der Waals surface area contributed by atoms with Gasteiger partial charge in [-0.3, -0.25) is 0 Å². The second kappa shape index (κ2) is 5.73. The van der Waals surface area contributed by atoms with Gasteiger partial charge in [-0.15, -0.1) is 0 Å². The summed E-state index contributed by atoms with van der Waals surface area (Å²) < 4.78 is 13.3. The maximum absolute atomic E-state index is 13.3. The number of benzene rings is 1. The summed E-state index contributed by atoms with van der Waals surface area (Å²) in [5.41, 5.74) is 1.13. The monoisotopic (exact) mass is 332 g/mol. The number of halogens is 1. The van der Waals surface area contributed by atoms with E-state index < -0.39 is 0 Å². The van der Waals surface area contributed by atoms with Gasteiger partial charge in [0.15, 0.2) is 5.11 Å². The first-order chi connectivity index (χ1) is 11.0. The van der Waals surface area contributed by atoms with E-state index in [1.54, 1.807) is 6.07 Å². The van der Waals surface area contributed by atoms with E-state index in [9.17, 15) is 4.39 Å². The Bertz CT molecular complexity index is 580. The molecule has 4 bridgehead atoms. The van der Waals surface area contributed by atoms with Gasteiger partial charge >= 0.3 is 0 Å². The molecule has 23 heavy (non-hydrogen) atoms. The van der Waals surface area contributed by atoms with Crippen LogP contribution in [0.4, 0.5) is 10.1 Å². The number of nitrogens with one attached hydrogen (secondary N) is 2. The fraction of sp³-hybridized carbons (Fsp3) is 0.632. The van der Waals surface area contributed by atoms with Crippen LogP contribution in [0.1, 0.15) is 45.4 Å². The molecule has 0 aliphatic heterocycles. The minimum atomic E-state index is -0.244. The zero-order chi connectivity index (χ0) is 16.0. The quantitative estimate of drug-likeness (QED) is 0.783. The van der Waals surface area contributed by atoms with E-state index in [4.69, 9.17) is 12.2 Å². The molecule has 1 aromatic carbocycles. The molecule has 1 aromatic rings. The van der Waals surface area contributed by atoms with Crippen molar-refractivity contribution in [2.75, 3.05) is 5.32 Å². The maximum Gasteiger partial charge on any atom is 0.171 e. The van der Waals surface area contributed by atoms with Crippen molar-refractivity contribution < 1.29 is 4.39 Å². The van der Waals surface area contributed by atoms with Gasteiger partial charge in [0, 0.05) is 11.7 Å². The van der Waals surface area contributed by atoms with Crippen LogP contribution in [0, 0.1) is 29.0 Å². The minimum absolute atomic E-state index is 0.244. The van der Waals surface area contributed by atoms with Crippen molar-refractivity contribution in [1.29, 1.82) is 0 Å². The third-order valence-corrected chi connectivity index (χ3v) is 6.65. The zero-order valence-corrected chi connectivity index (χ0v) is 14.5. The van der Waals surface area contributed by atoms with Gasteiger partial charge in [0.1, 0.15) is 5.82 Å². The lowest BCUT2D eigenvalue weighted by Gasteiger charge is -2.59. The van der Waals surface area contributed by atoms with Gasteiger partial charge in [-0.2, -0.15) is 0 Å². The van der Waals surface area contributed by atoms with Crippen LogP contribution in [0.2, 0.25) is 0 Å². The first-order valence-corrected chi connectivity index (χ1v) is 9.26. The third-order valence-electron chi connectivity index (χ3n) is 6.43. The van der Waals surface area contributed by atoms with Crippen molar-refractivity contribution >= 4 is 23.0 Å². The smallest absolute Gasteiger partial charge is 0.171 e. The fourth-order valence-corrected chi connectivity index (χ4v) is 6.09. The second-order valence-corrected chi connectivity index (χ2v) is 8.52. The summed E-state index contributed by atoms with van der Waals surface area (Å²) in [5.74, 6) is 2.58. The molecule has 1 atom stereocenters. The molecule has 4 saturated carbocycles. The van der Waals surface area contributed by atoms with E-state index >= 15 is 0 Å². The predicted molar refractivity (Wildman–Crippen MR) is 95.8 cm³/mol. The van der Waals surface area contributed by atoms with Crippen LogP contribution in [0.5, 0.6) is 0 Å². The number of thiocarbonyl (C=S) groups is 1. The molecule has 4 heteroatoms. The zero-order valence-electron chi connectivity index (χ0n) is 13.6. The highest BCUT2D eigenvalue weighted by Gasteiger charge is 2.53. The molecule has 4 aliphatic carbocycles. The van der Waals surface area contributed by atoms with E-state index in [1.807, 2.05) is 6.07 Å². The SMILES string of the molecule is CC(NC(=S)Nc1cccc(F)c1)C12CC3CC(CC(C3)C1)C2. The number of anilines is 1. The summed E-state index contributed by atoms with van der Waals surface area (Å²) >= 11 is 5.47. The van der Waals surface area contributed by atoms with E-state index in [0.29, 0.717) is 22.3 Å². The minimum Gasteiger partial charge on any atom is -0.359 e.